The fourth-order valence-electron chi connectivity index (χ4n) is 1.80. The number of halogens is 1. The number of nitro groups is 1. The first-order valence-corrected chi connectivity index (χ1v) is 5.85. The van der Waals surface area contributed by atoms with Gasteiger partial charge >= 0.3 is 0 Å². The maximum absolute atomic E-state index is 11.9. The SMILES string of the molecule is O=C(NC1CC=CC1)c1ccc([N+](=O)[O-])cc1Cl. The topological polar surface area (TPSA) is 72.2 Å². The molecule has 5 nitrogen and oxygen atoms in total. The molecule has 1 aromatic rings. The average molecular weight is 267 g/mol. The predicted octanol–water partition coefficient (Wildman–Crippen LogP) is 2.70. The Kier molecular flexibility index (Phi) is 3.62. The first kappa shape index (κ1) is 12.6. The number of carbonyl (C=O) groups is 1. The number of benzene rings is 1. The third kappa shape index (κ3) is 2.68. The van der Waals surface area contributed by atoms with Crippen molar-refractivity contribution in [2.24, 2.45) is 0 Å². The van der Waals surface area contributed by atoms with E-state index >= 15 is 0 Å². The van der Waals surface area contributed by atoms with Crippen LogP contribution in [0.4, 0.5) is 5.69 Å². The van der Waals surface area contributed by atoms with Gasteiger partial charge < -0.3 is 5.32 Å². The lowest BCUT2D eigenvalue weighted by molar-refractivity contribution is -0.384. The van der Waals surface area contributed by atoms with Crippen LogP contribution < -0.4 is 5.32 Å². The van der Waals surface area contributed by atoms with Crippen LogP contribution in [0.5, 0.6) is 0 Å². The highest BCUT2D eigenvalue weighted by Crippen LogP contribution is 2.23. The van der Waals surface area contributed by atoms with Crippen molar-refractivity contribution < 1.29 is 9.72 Å². The van der Waals surface area contributed by atoms with Gasteiger partial charge in [-0.05, 0) is 18.9 Å². The molecule has 1 aromatic carbocycles. The molecular formula is C12H11ClN2O3. The van der Waals surface area contributed by atoms with E-state index in [1.54, 1.807) is 0 Å². The molecule has 1 amide bonds. The third-order valence-corrected chi connectivity index (χ3v) is 3.06. The Morgan fingerprint density at radius 2 is 2.06 bits per heavy atom. The highest BCUT2D eigenvalue weighted by molar-refractivity contribution is 6.34. The van der Waals surface area contributed by atoms with Crippen molar-refractivity contribution in [1.29, 1.82) is 0 Å². The van der Waals surface area contributed by atoms with Crippen molar-refractivity contribution in [2.45, 2.75) is 18.9 Å². The quantitative estimate of drug-likeness (QED) is 0.519. The maximum Gasteiger partial charge on any atom is 0.270 e. The van der Waals surface area contributed by atoms with E-state index in [4.69, 9.17) is 11.6 Å². The van der Waals surface area contributed by atoms with E-state index < -0.39 is 4.92 Å². The van der Waals surface area contributed by atoms with E-state index in [1.165, 1.54) is 18.2 Å². The number of hydrogen-bond donors (Lipinski definition) is 1. The lowest BCUT2D eigenvalue weighted by Crippen LogP contribution is -2.32. The molecule has 2 rings (SSSR count). The van der Waals surface area contributed by atoms with Gasteiger partial charge in [0.2, 0.25) is 0 Å². The second kappa shape index (κ2) is 5.18. The van der Waals surface area contributed by atoms with Crippen LogP contribution in [-0.2, 0) is 0 Å². The Balaban J connectivity index is 2.12. The molecule has 94 valence electrons. The molecule has 0 bridgehead atoms. The van der Waals surface area contributed by atoms with Crippen molar-refractivity contribution in [1.82, 2.24) is 5.32 Å². The molecule has 0 saturated carbocycles. The lowest BCUT2D eigenvalue weighted by Gasteiger charge is -2.12. The molecule has 0 spiro atoms. The van der Waals surface area contributed by atoms with Gasteiger partial charge in [0.05, 0.1) is 15.5 Å². The van der Waals surface area contributed by atoms with Crippen LogP contribution in [-0.4, -0.2) is 16.9 Å². The first-order valence-electron chi connectivity index (χ1n) is 5.47. The van der Waals surface area contributed by atoms with E-state index in [1.807, 2.05) is 12.2 Å². The minimum absolute atomic E-state index is 0.0868. The minimum Gasteiger partial charge on any atom is -0.349 e. The molecule has 0 aromatic heterocycles. The van der Waals surface area contributed by atoms with Gasteiger partial charge in [-0.3, -0.25) is 14.9 Å². The normalized spacial score (nSPS) is 14.7. The summed E-state index contributed by atoms with van der Waals surface area (Å²) in [4.78, 5) is 21.9. The van der Waals surface area contributed by atoms with Gasteiger partial charge in [0.1, 0.15) is 0 Å². The predicted molar refractivity (Wildman–Crippen MR) is 67.7 cm³/mol. The number of rotatable bonds is 3. The standard InChI is InChI=1S/C12H11ClN2O3/c13-11-7-9(15(17)18)5-6-10(11)12(16)14-8-3-1-2-4-8/h1-2,5-8H,3-4H2,(H,14,16). The van der Waals surface area contributed by atoms with Crippen molar-refractivity contribution >= 4 is 23.2 Å². The number of nitrogens with zero attached hydrogens (tertiary/aromatic N) is 1. The Hall–Kier alpha value is -1.88. The number of amides is 1. The zero-order chi connectivity index (χ0) is 13.1. The summed E-state index contributed by atoms with van der Waals surface area (Å²) in [5, 5.41) is 13.5. The zero-order valence-electron chi connectivity index (χ0n) is 9.43. The van der Waals surface area contributed by atoms with Crippen LogP contribution in [0, 0.1) is 10.1 Å². The summed E-state index contributed by atoms with van der Waals surface area (Å²) in [5.41, 5.74) is 0.133. The molecule has 1 aliphatic rings. The summed E-state index contributed by atoms with van der Waals surface area (Å²) in [6, 6.07) is 3.92. The number of hydrogen-bond acceptors (Lipinski definition) is 3. The first-order chi connectivity index (χ1) is 8.58. The van der Waals surface area contributed by atoms with Crippen molar-refractivity contribution in [3.05, 3.63) is 51.1 Å². The van der Waals surface area contributed by atoms with Crippen LogP contribution in [0.15, 0.2) is 30.4 Å². The summed E-state index contributed by atoms with van der Waals surface area (Å²) < 4.78 is 0. The van der Waals surface area contributed by atoms with Crippen LogP contribution in [0.2, 0.25) is 5.02 Å². The largest absolute Gasteiger partial charge is 0.349 e. The lowest BCUT2D eigenvalue weighted by atomic mass is 10.1. The number of carbonyl (C=O) groups excluding carboxylic acids is 1. The fraction of sp³-hybridized carbons (Fsp3) is 0.250. The Morgan fingerprint density at radius 1 is 1.39 bits per heavy atom. The number of nitro benzene ring substituents is 1. The molecule has 0 saturated heterocycles. The van der Waals surface area contributed by atoms with Crippen LogP contribution in [0.25, 0.3) is 0 Å². The molecule has 0 heterocycles. The summed E-state index contributed by atoms with van der Waals surface area (Å²) in [5.74, 6) is -0.302. The third-order valence-electron chi connectivity index (χ3n) is 2.75. The van der Waals surface area contributed by atoms with Crippen LogP contribution >= 0.6 is 11.6 Å². The molecule has 0 fully saturated rings. The van der Waals surface area contributed by atoms with Gasteiger partial charge in [-0.2, -0.15) is 0 Å². The fourth-order valence-corrected chi connectivity index (χ4v) is 2.06. The zero-order valence-corrected chi connectivity index (χ0v) is 10.2. The summed E-state index contributed by atoms with van der Waals surface area (Å²) in [7, 11) is 0. The smallest absolute Gasteiger partial charge is 0.270 e. The van der Waals surface area contributed by atoms with E-state index in [-0.39, 0.29) is 28.2 Å². The van der Waals surface area contributed by atoms with Gasteiger partial charge in [-0.25, -0.2) is 0 Å². The van der Waals surface area contributed by atoms with Crippen molar-refractivity contribution in [3.63, 3.8) is 0 Å². The molecule has 0 unspecified atom stereocenters. The monoisotopic (exact) mass is 266 g/mol. The van der Waals surface area contributed by atoms with Crippen LogP contribution in [0.3, 0.4) is 0 Å². The Bertz CT molecular complexity index is 520. The molecule has 0 atom stereocenters. The summed E-state index contributed by atoms with van der Waals surface area (Å²) in [6.07, 6.45) is 5.61. The Morgan fingerprint density at radius 3 is 2.61 bits per heavy atom. The van der Waals surface area contributed by atoms with E-state index in [9.17, 15) is 14.9 Å². The van der Waals surface area contributed by atoms with Gasteiger partial charge in [-0.15, -0.1) is 0 Å². The summed E-state index contributed by atoms with van der Waals surface area (Å²) >= 11 is 5.87. The Labute approximate surface area is 109 Å². The van der Waals surface area contributed by atoms with Crippen LogP contribution in [0.1, 0.15) is 23.2 Å². The van der Waals surface area contributed by atoms with Gasteiger partial charge in [0.25, 0.3) is 11.6 Å². The maximum atomic E-state index is 11.9. The van der Waals surface area contributed by atoms with Crippen molar-refractivity contribution in [3.8, 4) is 0 Å². The molecule has 1 aliphatic carbocycles. The minimum atomic E-state index is -0.547. The summed E-state index contributed by atoms with van der Waals surface area (Å²) in [6.45, 7) is 0. The highest BCUT2D eigenvalue weighted by atomic mass is 35.5. The number of nitrogens with one attached hydrogen (secondary N) is 1. The molecule has 1 N–H and O–H groups in total. The second-order valence-corrected chi connectivity index (χ2v) is 4.44. The molecular weight excluding hydrogens is 256 g/mol. The van der Waals surface area contributed by atoms with Gasteiger partial charge in [-0.1, -0.05) is 23.8 Å². The molecule has 0 aliphatic heterocycles. The average Bonchev–Trinajstić information content (AvgIpc) is 2.81. The molecule has 0 radical (unpaired) electrons. The second-order valence-electron chi connectivity index (χ2n) is 4.03. The molecule has 18 heavy (non-hydrogen) atoms. The van der Waals surface area contributed by atoms with Gasteiger partial charge in [0, 0.05) is 18.2 Å². The van der Waals surface area contributed by atoms with Gasteiger partial charge in [0.15, 0.2) is 0 Å². The van der Waals surface area contributed by atoms with E-state index in [0.717, 1.165) is 12.8 Å². The highest BCUT2D eigenvalue weighted by Gasteiger charge is 2.18. The van der Waals surface area contributed by atoms with E-state index in [2.05, 4.69) is 5.32 Å². The molecule has 6 heteroatoms. The number of non-ortho nitro benzene ring substituents is 1. The van der Waals surface area contributed by atoms with Crippen molar-refractivity contribution in [2.75, 3.05) is 0 Å². The van der Waals surface area contributed by atoms with E-state index in [0.29, 0.717) is 0 Å².